The number of para-hydroxylation sites is 1. The molecule has 1 aromatic heterocycles. The molecule has 3 aromatic rings. The van der Waals surface area contributed by atoms with E-state index in [1.807, 2.05) is 43.6 Å². The smallest absolute Gasteiger partial charge is 0.123 e. The molecular weight excluding hydrogens is 299 g/mol. The Morgan fingerprint density at radius 2 is 2.00 bits per heavy atom. The molecule has 0 radical (unpaired) electrons. The average molecular weight is 317 g/mol. The molecule has 2 nitrogen and oxygen atoms in total. The summed E-state index contributed by atoms with van der Waals surface area (Å²) >= 11 is 6.39. The summed E-state index contributed by atoms with van der Waals surface area (Å²) in [7, 11) is 1.92. The molecule has 114 valence electrons. The molecule has 0 saturated heterocycles. The standard InChI is InChI=1S/C18H18ClFN2/c1-21-10-8-17(14-5-2-6-15(20)12-14)22-11-9-13-4-3-7-16(19)18(13)22/h2-7,9,11-12,17,21H,8,10H2,1H3. The van der Waals surface area contributed by atoms with Crippen LogP contribution in [0.1, 0.15) is 18.0 Å². The van der Waals surface area contributed by atoms with E-state index in [2.05, 4.69) is 9.88 Å². The van der Waals surface area contributed by atoms with Crippen molar-refractivity contribution < 1.29 is 4.39 Å². The van der Waals surface area contributed by atoms with Gasteiger partial charge in [-0.1, -0.05) is 35.9 Å². The van der Waals surface area contributed by atoms with Gasteiger partial charge < -0.3 is 9.88 Å². The summed E-state index contributed by atoms with van der Waals surface area (Å²) < 4.78 is 15.8. The molecule has 0 saturated carbocycles. The molecule has 1 N–H and O–H groups in total. The highest BCUT2D eigenvalue weighted by Gasteiger charge is 2.17. The van der Waals surface area contributed by atoms with E-state index in [-0.39, 0.29) is 11.9 Å². The first-order valence-electron chi connectivity index (χ1n) is 7.36. The molecule has 0 aliphatic heterocycles. The van der Waals surface area contributed by atoms with Gasteiger partial charge in [-0.25, -0.2) is 4.39 Å². The lowest BCUT2D eigenvalue weighted by Gasteiger charge is -2.21. The third kappa shape index (κ3) is 2.87. The van der Waals surface area contributed by atoms with Crippen LogP contribution in [0.5, 0.6) is 0 Å². The van der Waals surface area contributed by atoms with Crippen molar-refractivity contribution in [2.45, 2.75) is 12.5 Å². The molecule has 0 bridgehead atoms. The van der Waals surface area contributed by atoms with Crippen LogP contribution < -0.4 is 5.32 Å². The van der Waals surface area contributed by atoms with Crippen LogP contribution in [-0.4, -0.2) is 18.2 Å². The molecule has 0 amide bonds. The minimum absolute atomic E-state index is 0.0422. The maximum absolute atomic E-state index is 13.6. The van der Waals surface area contributed by atoms with Gasteiger partial charge in [-0.05, 0) is 49.8 Å². The Kier molecular flexibility index (Phi) is 4.46. The zero-order valence-corrected chi connectivity index (χ0v) is 13.1. The number of rotatable bonds is 5. The number of benzene rings is 2. The van der Waals surface area contributed by atoms with Crippen LogP contribution in [0.15, 0.2) is 54.7 Å². The summed E-state index contributed by atoms with van der Waals surface area (Å²) in [5.74, 6) is -0.213. The fraction of sp³-hybridized carbons (Fsp3) is 0.222. The van der Waals surface area contributed by atoms with Crippen LogP contribution in [-0.2, 0) is 0 Å². The first kappa shape index (κ1) is 15.1. The van der Waals surface area contributed by atoms with Gasteiger partial charge in [0.15, 0.2) is 0 Å². The van der Waals surface area contributed by atoms with Crippen molar-refractivity contribution in [2.75, 3.05) is 13.6 Å². The molecular formula is C18H18ClFN2. The third-order valence-electron chi connectivity index (χ3n) is 3.93. The second-order valence-electron chi connectivity index (χ2n) is 5.36. The fourth-order valence-corrected chi connectivity index (χ4v) is 3.17. The quantitative estimate of drug-likeness (QED) is 0.726. The van der Waals surface area contributed by atoms with Crippen molar-refractivity contribution in [1.29, 1.82) is 0 Å². The maximum atomic E-state index is 13.6. The van der Waals surface area contributed by atoms with E-state index < -0.39 is 0 Å². The van der Waals surface area contributed by atoms with Gasteiger partial charge in [-0.3, -0.25) is 0 Å². The highest BCUT2D eigenvalue weighted by Crippen LogP contribution is 2.31. The van der Waals surface area contributed by atoms with Crippen LogP contribution in [0, 0.1) is 5.82 Å². The van der Waals surface area contributed by atoms with E-state index in [9.17, 15) is 4.39 Å². The Labute approximate surface area is 134 Å². The van der Waals surface area contributed by atoms with Crippen LogP contribution in [0.4, 0.5) is 4.39 Å². The lowest BCUT2D eigenvalue weighted by Crippen LogP contribution is -2.17. The first-order valence-corrected chi connectivity index (χ1v) is 7.73. The highest BCUT2D eigenvalue weighted by atomic mass is 35.5. The number of nitrogens with zero attached hydrogens (tertiary/aromatic N) is 1. The molecule has 1 atom stereocenters. The van der Waals surface area contributed by atoms with Crippen molar-refractivity contribution in [1.82, 2.24) is 9.88 Å². The molecule has 3 rings (SSSR count). The minimum Gasteiger partial charge on any atom is -0.339 e. The zero-order valence-electron chi connectivity index (χ0n) is 12.4. The van der Waals surface area contributed by atoms with E-state index in [1.165, 1.54) is 6.07 Å². The summed E-state index contributed by atoms with van der Waals surface area (Å²) in [6.45, 7) is 0.839. The van der Waals surface area contributed by atoms with E-state index in [0.717, 1.165) is 29.4 Å². The van der Waals surface area contributed by atoms with Gasteiger partial charge in [-0.15, -0.1) is 0 Å². The van der Waals surface area contributed by atoms with Crippen molar-refractivity contribution in [3.8, 4) is 0 Å². The molecule has 0 aliphatic carbocycles. The Morgan fingerprint density at radius 3 is 2.77 bits per heavy atom. The van der Waals surface area contributed by atoms with E-state index in [4.69, 9.17) is 11.6 Å². The van der Waals surface area contributed by atoms with Crippen molar-refractivity contribution in [3.05, 3.63) is 71.1 Å². The number of fused-ring (bicyclic) bond motifs is 1. The normalized spacial score (nSPS) is 12.7. The number of aromatic nitrogens is 1. The van der Waals surface area contributed by atoms with E-state index in [0.29, 0.717) is 5.02 Å². The Bertz CT molecular complexity index is 782. The van der Waals surface area contributed by atoms with Crippen LogP contribution in [0.25, 0.3) is 10.9 Å². The molecule has 1 heterocycles. The van der Waals surface area contributed by atoms with Crippen LogP contribution >= 0.6 is 11.6 Å². The summed E-state index contributed by atoms with van der Waals surface area (Å²) in [5.41, 5.74) is 1.95. The lowest BCUT2D eigenvalue weighted by atomic mass is 10.0. The van der Waals surface area contributed by atoms with Gasteiger partial charge in [0, 0.05) is 11.6 Å². The zero-order chi connectivity index (χ0) is 15.5. The second-order valence-corrected chi connectivity index (χ2v) is 5.77. The molecule has 0 fully saturated rings. The summed E-state index contributed by atoms with van der Waals surface area (Å²) in [5, 5.41) is 4.98. The minimum atomic E-state index is -0.213. The number of hydrogen-bond donors (Lipinski definition) is 1. The van der Waals surface area contributed by atoms with Gasteiger partial charge in [0.05, 0.1) is 16.6 Å². The number of halogens is 2. The summed E-state index contributed by atoms with van der Waals surface area (Å²) in [6, 6.07) is 14.8. The van der Waals surface area contributed by atoms with E-state index >= 15 is 0 Å². The van der Waals surface area contributed by atoms with Crippen LogP contribution in [0.2, 0.25) is 5.02 Å². The Morgan fingerprint density at radius 1 is 1.18 bits per heavy atom. The predicted octanol–water partition coefficient (Wildman–Crippen LogP) is 4.63. The third-order valence-corrected chi connectivity index (χ3v) is 4.23. The van der Waals surface area contributed by atoms with Gasteiger partial charge in [0.25, 0.3) is 0 Å². The summed E-state index contributed by atoms with van der Waals surface area (Å²) in [6.07, 6.45) is 2.89. The van der Waals surface area contributed by atoms with Gasteiger partial charge in [-0.2, -0.15) is 0 Å². The Balaban J connectivity index is 2.12. The molecule has 22 heavy (non-hydrogen) atoms. The molecule has 2 aromatic carbocycles. The predicted molar refractivity (Wildman–Crippen MR) is 90.0 cm³/mol. The van der Waals surface area contributed by atoms with E-state index in [1.54, 1.807) is 12.1 Å². The lowest BCUT2D eigenvalue weighted by molar-refractivity contribution is 0.533. The SMILES string of the molecule is CNCCC(c1cccc(F)c1)n1ccc2cccc(Cl)c21. The average Bonchev–Trinajstić information content (AvgIpc) is 2.93. The maximum Gasteiger partial charge on any atom is 0.123 e. The topological polar surface area (TPSA) is 17.0 Å². The largest absolute Gasteiger partial charge is 0.339 e. The van der Waals surface area contributed by atoms with Gasteiger partial charge >= 0.3 is 0 Å². The monoisotopic (exact) mass is 316 g/mol. The van der Waals surface area contributed by atoms with Crippen molar-refractivity contribution in [2.24, 2.45) is 0 Å². The molecule has 1 unspecified atom stereocenters. The number of nitrogens with one attached hydrogen (secondary N) is 1. The molecule has 4 heteroatoms. The van der Waals surface area contributed by atoms with Crippen LogP contribution in [0.3, 0.4) is 0 Å². The highest BCUT2D eigenvalue weighted by molar-refractivity contribution is 6.35. The van der Waals surface area contributed by atoms with Crippen molar-refractivity contribution >= 4 is 22.5 Å². The Hall–Kier alpha value is -1.84. The van der Waals surface area contributed by atoms with Gasteiger partial charge in [0.1, 0.15) is 5.82 Å². The molecule has 0 spiro atoms. The van der Waals surface area contributed by atoms with Gasteiger partial charge in [0.2, 0.25) is 0 Å². The second kappa shape index (κ2) is 6.51. The first-order chi connectivity index (χ1) is 10.7. The molecule has 0 aliphatic rings. The fourth-order valence-electron chi connectivity index (χ4n) is 2.90. The van der Waals surface area contributed by atoms with Crippen molar-refractivity contribution in [3.63, 3.8) is 0 Å². The summed E-state index contributed by atoms with van der Waals surface area (Å²) in [4.78, 5) is 0. The number of hydrogen-bond acceptors (Lipinski definition) is 1.